The minimum atomic E-state index is -0.422. The molecule has 3 nitrogen and oxygen atoms in total. The smallest absolute Gasteiger partial charge is 0.252 e. The molecule has 1 aliphatic carbocycles. The Bertz CT molecular complexity index is 3780. The van der Waals surface area contributed by atoms with Crippen LogP contribution in [0.1, 0.15) is 116 Å². The first kappa shape index (κ1) is 48.1. The maximum absolute atomic E-state index is 2.79. The summed E-state index contributed by atoms with van der Waals surface area (Å²) in [7, 11) is 0. The van der Waals surface area contributed by atoms with Crippen LogP contribution >= 0.6 is 0 Å². The average molecular weight is 988 g/mol. The van der Waals surface area contributed by atoms with E-state index in [0.29, 0.717) is 0 Å². The molecule has 0 radical (unpaired) electrons. The van der Waals surface area contributed by atoms with Crippen molar-refractivity contribution < 1.29 is 0 Å². The molecule has 2 atom stereocenters. The van der Waals surface area contributed by atoms with Gasteiger partial charge in [-0.05, 0) is 163 Å². The number of hydrogen-bond donors (Lipinski definition) is 0. The Balaban J connectivity index is 1.18. The standard InChI is InChI=1S/C72H70BN3/c1-68(2,3)52-28-21-30-56(42-52)75-64-44-54(70(7,8)9)33-36-61(64)73-60-35-32-51(48-24-16-13-17-25-48)41-63(60)74(55-29-20-27-50(40-55)47-22-14-12-15-23-47)65-45-57(46-66(75)67(65)73)76-62-37-34-53(69(4,5)6)43-59(62)71(10)39-38-49-26-18-19-31-58(49)72(71,76)11/h12-37,40-46H,38-39H2,1-11H3. The fourth-order valence-electron chi connectivity index (χ4n) is 13.7. The number of nitrogens with zero attached hydrogens (tertiary/aromatic N) is 3. The molecule has 0 fully saturated rings. The molecule has 9 aromatic carbocycles. The summed E-state index contributed by atoms with van der Waals surface area (Å²) in [5.74, 6) is 0. The quantitative estimate of drug-likeness (QED) is 0.159. The molecule has 9 aromatic rings. The van der Waals surface area contributed by atoms with Gasteiger partial charge in [0.05, 0.1) is 5.54 Å². The normalized spacial score (nSPS) is 18.4. The Morgan fingerprint density at radius 3 is 1.54 bits per heavy atom. The number of fused-ring (bicyclic) bond motifs is 9. The second-order valence-corrected chi connectivity index (χ2v) is 25.8. The number of benzene rings is 9. The van der Waals surface area contributed by atoms with Gasteiger partial charge in [-0.15, -0.1) is 0 Å². The van der Waals surface area contributed by atoms with E-state index in [9.17, 15) is 0 Å². The summed E-state index contributed by atoms with van der Waals surface area (Å²) in [5.41, 5.74) is 26.0. The molecule has 0 spiro atoms. The molecule has 4 aliphatic rings. The van der Waals surface area contributed by atoms with Gasteiger partial charge in [0, 0.05) is 50.9 Å². The number of rotatable bonds is 5. The van der Waals surface area contributed by atoms with E-state index in [1.165, 1.54) is 112 Å². The lowest BCUT2D eigenvalue weighted by molar-refractivity contribution is 0.245. The van der Waals surface area contributed by atoms with Crippen molar-refractivity contribution in [1.82, 2.24) is 0 Å². The van der Waals surface area contributed by atoms with Crippen molar-refractivity contribution >= 4 is 68.6 Å². The molecule has 376 valence electrons. The minimum absolute atomic E-state index is 0.00500. The van der Waals surface area contributed by atoms with Gasteiger partial charge in [-0.2, -0.15) is 0 Å². The monoisotopic (exact) mass is 988 g/mol. The van der Waals surface area contributed by atoms with Crippen LogP contribution in [0.4, 0.5) is 45.5 Å². The molecular formula is C72H70BN3. The Labute approximate surface area is 453 Å². The lowest BCUT2D eigenvalue weighted by Crippen LogP contribution is -2.61. The molecule has 0 bridgehead atoms. The highest BCUT2D eigenvalue weighted by molar-refractivity contribution is 7.00. The third-order valence-electron chi connectivity index (χ3n) is 18.1. The van der Waals surface area contributed by atoms with Gasteiger partial charge in [0.2, 0.25) is 0 Å². The highest BCUT2D eigenvalue weighted by atomic mass is 15.3. The fraction of sp³-hybridized carbons (Fsp3) is 0.250. The molecular weight excluding hydrogens is 918 g/mol. The molecule has 13 rings (SSSR count). The van der Waals surface area contributed by atoms with Crippen LogP contribution in [-0.4, -0.2) is 6.71 Å². The fourth-order valence-corrected chi connectivity index (χ4v) is 13.7. The third-order valence-corrected chi connectivity index (χ3v) is 18.1. The zero-order valence-electron chi connectivity index (χ0n) is 46.4. The molecule has 0 saturated heterocycles. The summed E-state index contributed by atoms with van der Waals surface area (Å²) in [6, 6.07) is 77.2. The van der Waals surface area contributed by atoms with Gasteiger partial charge in [-0.1, -0.05) is 215 Å². The van der Waals surface area contributed by atoms with E-state index in [-0.39, 0.29) is 28.4 Å². The van der Waals surface area contributed by atoms with Crippen LogP contribution in [-0.2, 0) is 33.6 Å². The van der Waals surface area contributed by atoms with Crippen molar-refractivity contribution in [2.24, 2.45) is 0 Å². The van der Waals surface area contributed by atoms with E-state index >= 15 is 0 Å². The molecule has 0 amide bonds. The van der Waals surface area contributed by atoms with Gasteiger partial charge in [0.1, 0.15) is 0 Å². The zero-order valence-corrected chi connectivity index (χ0v) is 46.4. The second-order valence-electron chi connectivity index (χ2n) is 25.8. The van der Waals surface area contributed by atoms with E-state index in [4.69, 9.17) is 0 Å². The van der Waals surface area contributed by atoms with Gasteiger partial charge in [-0.25, -0.2) is 0 Å². The van der Waals surface area contributed by atoms with Crippen molar-refractivity contribution in [2.45, 2.75) is 116 Å². The van der Waals surface area contributed by atoms with E-state index in [1.54, 1.807) is 0 Å². The highest BCUT2D eigenvalue weighted by Gasteiger charge is 2.60. The Hall–Kier alpha value is -7.56. The predicted molar refractivity (Wildman–Crippen MR) is 325 cm³/mol. The van der Waals surface area contributed by atoms with Crippen molar-refractivity contribution in [1.29, 1.82) is 0 Å². The predicted octanol–water partition coefficient (Wildman–Crippen LogP) is 17.3. The topological polar surface area (TPSA) is 9.72 Å². The van der Waals surface area contributed by atoms with Crippen molar-refractivity contribution in [3.63, 3.8) is 0 Å². The first-order chi connectivity index (χ1) is 36.3. The van der Waals surface area contributed by atoms with Crippen LogP contribution in [0.15, 0.2) is 200 Å². The van der Waals surface area contributed by atoms with Crippen LogP contribution in [0.5, 0.6) is 0 Å². The van der Waals surface area contributed by atoms with Crippen LogP contribution in [0.25, 0.3) is 22.3 Å². The summed E-state index contributed by atoms with van der Waals surface area (Å²) in [6.45, 7) is 26.2. The Morgan fingerprint density at radius 2 is 0.895 bits per heavy atom. The minimum Gasteiger partial charge on any atom is -0.330 e. The SMILES string of the molecule is CC(C)(C)c1cccc(N2c3cc(C(C)(C)C)ccc3B3c4ccc(-c5ccccc5)cc4N(c4cccc(-c5ccccc5)c4)c4cc(N5c6ccc(C(C)(C)C)cc6C6(C)CCc7ccccc7C56C)cc2c43)c1. The summed E-state index contributed by atoms with van der Waals surface area (Å²) < 4.78 is 0. The molecule has 76 heavy (non-hydrogen) atoms. The maximum atomic E-state index is 2.79. The Morgan fingerprint density at radius 1 is 0.382 bits per heavy atom. The molecule has 4 heteroatoms. The van der Waals surface area contributed by atoms with Crippen LogP contribution in [0.2, 0.25) is 0 Å². The largest absolute Gasteiger partial charge is 0.330 e. The lowest BCUT2D eigenvalue weighted by Gasteiger charge is -2.52. The van der Waals surface area contributed by atoms with Gasteiger partial charge in [0.15, 0.2) is 0 Å². The first-order valence-electron chi connectivity index (χ1n) is 27.7. The van der Waals surface area contributed by atoms with Crippen molar-refractivity contribution in [2.75, 3.05) is 14.7 Å². The zero-order chi connectivity index (χ0) is 52.7. The van der Waals surface area contributed by atoms with Crippen molar-refractivity contribution in [3.8, 4) is 22.3 Å². The average Bonchev–Trinajstić information content (AvgIpc) is 3.69. The van der Waals surface area contributed by atoms with Crippen LogP contribution in [0.3, 0.4) is 0 Å². The summed E-state index contributed by atoms with van der Waals surface area (Å²) in [6.07, 6.45) is 2.10. The molecule has 2 unspecified atom stereocenters. The maximum Gasteiger partial charge on any atom is 0.252 e. The van der Waals surface area contributed by atoms with E-state index in [0.717, 1.165) is 18.5 Å². The molecule has 3 aliphatic heterocycles. The summed E-state index contributed by atoms with van der Waals surface area (Å²) in [5, 5.41) is 0. The van der Waals surface area contributed by atoms with E-state index in [1.807, 2.05) is 0 Å². The molecule has 3 heterocycles. The molecule has 0 saturated carbocycles. The van der Waals surface area contributed by atoms with Gasteiger partial charge in [-0.3, -0.25) is 0 Å². The Kier molecular flexibility index (Phi) is 10.7. The first-order valence-corrected chi connectivity index (χ1v) is 27.7. The lowest BCUT2D eigenvalue weighted by atomic mass is 9.33. The highest BCUT2D eigenvalue weighted by Crippen LogP contribution is 2.65. The van der Waals surface area contributed by atoms with Gasteiger partial charge >= 0.3 is 0 Å². The van der Waals surface area contributed by atoms with E-state index < -0.39 is 5.54 Å². The number of aryl methyl sites for hydroxylation is 1. The van der Waals surface area contributed by atoms with Crippen LogP contribution < -0.4 is 31.1 Å². The van der Waals surface area contributed by atoms with Gasteiger partial charge < -0.3 is 14.7 Å². The number of anilines is 8. The van der Waals surface area contributed by atoms with E-state index in [2.05, 4.69) is 291 Å². The second kappa shape index (κ2) is 17.0. The van der Waals surface area contributed by atoms with Gasteiger partial charge in [0.25, 0.3) is 6.71 Å². The number of hydrogen-bond acceptors (Lipinski definition) is 3. The summed E-state index contributed by atoms with van der Waals surface area (Å²) >= 11 is 0. The molecule has 0 aromatic heterocycles. The third kappa shape index (κ3) is 7.30. The van der Waals surface area contributed by atoms with Crippen molar-refractivity contribution in [3.05, 3.63) is 234 Å². The molecule has 0 N–H and O–H groups in total. The summed E-state index contributed by atoms with van der Waals surface area (Å²) in [4.78, 5) is 8.07. The van der Waals surface area contributed by atoms with Crippen LogP contribution in [0, 0.1) is 0 Å².